The zero-order chi connectivity index (χ0) is 24.6. The van der Waals surface area contributed by atoms with E-state index in [4.69, 9.17) is 4.42 Å². The highest BCUT2D eigenvalue weighted by Crippen LogP contribution is 2.38. The molecule has 2 aromatic rings. The number of rotatable bonds is 7. The third-order valence-electron chi connectivity index (χ3n) is 8.32. The Bertz CT molecular complexity index is 1070. The molecule has 4 amide bonds. The van der Waals surface area contributed by atoms with Crippen molar-refractivity contribution < 1.29 is 18.8 Å². The van der Waals surface area contributed by atoms with Crippen molar-refractivity contribution >= 4 is 28.8 Å². The molecule has 0 aliphatic carbocycles. The third-order valence-corrected chi connectivity index (χ3v) is 8.32. The third kappa shape index (κ3) is 4.33. The summed E-state index contributed by atoms with van der Waals surface area (Å²) in [5.41, 5.74) is -0.155. The first-order valence-corrected chi connectivity index (χ1v) is 13.0. The number of carbonyl (C=O) groups excluding carboxylic acids is 3. The zero-order valence-corrected chi connectivity index (χ0v) is 20.8. The molecule has 5 rings (SSSR count). The second-order valence-corrected chi connectivity index (χ2v) is 10.4. The van der Waals surface area contributed by atoms with Crippen molar-refractivity contribution in [1.29, 1.82) is 0 Å². The molecule has 2 atom stereocenters. The van der Waals surface area contributed by atoms with E-state index in [-0.39, 0.29) is 23.8 Å². The van der Waals surface area contributed by atoms with E-state index >= 15 is 0 Å². The van der Waals surface area contributed by atoms with Crippen LogP contribution < -0.4 is 5.32 Å². The lowest BCUT2D eigenvalue weighted by molar-refractivity contribution is -0.134. The van der Waals surface area contributed by atoms with Crippen LogP contribution in [-0.2, 0) is 4.79 Å². The molecule has 3 aliphatic heterocycles. The van der Waals surface area contributed by atoms with Crippen LogP contribution in [0.3, 0.4) is 0 Å². The van der Waals surface area contributed by atoms with Gasteiger partial charge < -0.3 is 19.5 Å². The highest BCUT2D eigenvalue weighted by atomic mass is 16.3. The van der Waals surface area contributed by atoms with E-state index in [1.54, 1.807) is 6.07 Å². The molecule has 188 valence electrons. The number of urea groups is 1. The summed E-state index contributed by atoms with van der Waals surface area (Å²) in [6.45, 7) is 4.69. The van der Waals surface area contributed by atoms with Gasteiger partial charge in [0.05, 0.1) is 0 Å². The second kappa shape index (κ2) is 9.64. The molecule has 3 saturated heterocycles. The van der Waals surface area contributed by atoms with Gasteiger partial charge in [0.2, 0.25) is 0 Å². The van der Waals surface area contributed by atoms with Gasteiger partial charge >= 0.3 is 6.03 Å². The average Bonchev–Trinajstić information content (AvgIpc) is 3.54. The molecule has 35 heavy (non-hydrogen) atoms. The van der Waals surface area contributed by atoms with Crippen LogP contribution in [0, 0.1) is 5.92 Å². The first-order valence-electron chi connectivity index (χ1n) is 13.0. The summed E-state index contributed by atoms with van der Waals surface area (Å²) in [5.74, 6) is 0.166. The van der Waals surface area contributed by atoms with Crippen LogP contribution in [0.15, 0.2) is 34.7 Å². The molecular weight excluding hydrogens is 444 g/mol. The first kappa shape index (κ1) is 23.9. The maximum Gasteiger partial charge on any atom is 0.325 e. The molecule has 1 aromatic heterocycles. The number of para-hydroxylation sites is 1. The normalized spacial score (nSPS) is 26.2. The Balaban J connectivity index is 1.25. The number of imide groups is 1. The fraction of sp³-hybridized carbons (Fsp3) is 0.593. The molecule has 1 N–H and O–H groups in total. The molecule has 0 radical (unpaired) electrons. The fourth-order valence-electron chi connectivity index (χ4n) is 6.33. The number of hydrogen-bond donors (Lipinski definition) is 1. The van der Waals surface area contributed by atoms with Crippen molar-refractivity contribution in [1.82, 2.24) is 20.0 Å². The van der Waals surface area contributed by atoms with Gasteiger partial charge in [0.25, 0.3) is 11.8 Å². The summed E-state index contributed by atoms with van der Waals surface area (Å²) in [6.07, 6.45) is 5.91. The number of hydrogen-bond acceptors (Lipinski definition) is 5. The van der Waals surface area contributed by atoms with Gasteiger partial charge in [-0.2, -0.15) is 0 Å². The molecule has 1 aromatic carbocycles. The van der Waals surface area contributed by atoms with Crippen molar-refractivity contribution in [2.24, 2.45) is 5.92 Å². The minimum Gasteiger partial charge on any atom is -0.451 e. The number of carbonyl (C=O) groups is 3. The number of piperidine rings is 1. The van der Waals surface area contributed by atoms with Gasteiger partial charge in [0, 0.05) is 31.1 Å². The van der Waals surface area contributed by atoms with Crippen molar-refractivity contribution in [2.75, 3.05) is 33.2 Å². The summed E-state index contributed by atoms with van der Waals surface area (Å²) < 4.78 is 5.78. The van der Waals surface area contributed by atoms with E-state index in [1.165, 1.54) is 11.3 Å². The topological polar surface area (TPSA) is 86.1 Å². The summed E-state index contributed by atoms with van der Waals surface area (Å²) in [7, 11) is 2.12. The van der Waals surface area contributed by atoms with Crippen molar-refractivity contribution in [2.45, 2.75) is 63.5 Å². The Labute approximate surface area is 206 Å². The predicted octanol–water partition coefficient (Wildman–Crippen LogP) is 3.86. The molecule has 0 unspecified atom stereocenters. The number of fused-ring (bicyclic) bond motifs is 1. The molecule has 0 saturated carbocycles. The molecule has 8 heteroatoms. The lowest BCUT2D eigenvalue weighted by Crippen LogP contribution is -2.56. The summed E-state index contributed by atoms with van der Waals surface area (Å²) in [5, 5.41) is 4.03. The van der Waals surface area contributed by atoms with E-state index < -0.39 is 5.54 Å². The number of benzene rings is 1. The largest absolute Gasteiger partial charge is 0.451 e. The van der Waals surface area contributed by atoms with E-state index in [9.17, 15) is 14.4 Å². The van der Waals surface area contributed by atoms with Crippen LogP contribution in [-0.4, -0.2) is 77.4 Å². The molecule has 4 heterocycles. The van der Waals surface area contributed by atoms with Crippen molar-refractivity contribution in [3.05, 3.63) is 36.1 Å². The Morgan fingerprint density at radius 2 is 1.91 bits per heavy atom. The summed E-state index contributed by atoms with van der Waals surface area (Å²) in [4.78, 5) is 45.3. The van der Waals surface area contributed by atoms with E-state index in [0.29, 0.717) is 56.3 Å². The standard InChI is InChI=1S/C27H36N4O4/c1-3-13-27(25(33)31(26(34)28-27)17-12-21-8-6-14-29(21)2)20-10-15-30(16-11-20)24(32)23-18-19-7-4-5-9-22(19)35-23/h4-5,7,9,18,20-21H,3,6,8,10-17H2,1-2H3,(H,28,34)/t21-,27+/m1/s1. The molecule has 0 spiro atoms. The number of nitrogens with zero attached hydrogens (tertiary/aromatic N) is 3. The number of likely N-dealkylation sites (tertiary alicyclic amines) is 2. The van der Waals surface area contributed by atoms with E-state index in [1.807, 2.05) is 29.2 Å². The van der Waals surface area contributed by atoms with Gasteiger partial charge in [0.15, 0.2) is 5.76 Å². The Hall–Kier alpha value is -2.87. The van der Waals surface area contributed by atoms with Crippen LogP contribution in [0.1, 0.15) is 62.4 Å². The lowest BCUT2D eigenvalue weighted by atomic mass is 9.74. The fourth-order valence-corrected chi connectivity index (χ4v) is 6.33. The van der Waals surface area contributed by atoms with Gasteiger partial charge in [-0.3, -0.25) is 14.5 Å². The zero-order valence-electron chi connectivity index (χ0n) is 20.8. The van der Waals surface area contributed by atoms with Crippen LogP contribution >= 0.6 is 0 Å². The minimum atomic E-state index is -0.859. The lowest BCUT2D eigenvalue weighted by Gasteiger charge is -2.40. The Kier molecular flexibility index (Phi) is 6.57. The van der Waals surface area contributed by atoms with Gasteiger partial charge in [-0.15, -0.1) is 0 Å². The van der Waals surface area contributed by atoms with Gasteiger partial charge in [0.1, 0.15) is 11.1 Å². The van der Waals surface area contributed by atoms with Crippen LogP contribution in [0.5, 0.6) is 0 Å². The maximum absolute atomic E-state index is 13.7. The first-order chi connectivity index (χ1) is 16.9. The Morgan fingerprint density at radius 1 is 1.14 bits per heavy atom. The van der Waals surface area contributed by atoms with E-state index in [0.717, 1.165) is 31.2 Å². The number of amides is 4. The number of nitrogens with one attached hydrogen (secondary N) is 1. The van der Waals surface area contributed by atoms with Crippen molar-refractivity contribution in [3.8, 4) is 0 Å². The predicted molar refractivity (Wildman–Crippen MR) is 133 cm³/mol. The van der Waals surface area contributed by atoms with Crippen LogP contribution in [0.4, 0.5) is 4.79 Å². The maximum atomic E-state index is 13.7. The monoisotopic (exact) mass is 480 g/mol. The SMILES string of the molecule is CCC[C@@]1(C2CCN(C(=O)c3cc4ccccc4o3)CC2)NC(=O)N(CC[C@H]2CCCN2C)C1=O. The quantitative estimate of drug-likeness (QED) is 0.608. The summed E-state index contributed by atoms with van der Waals surface area (Å²) in [6, 6.07) is 9.57. The second-order valence-electron chi connectivity index (χ2n) is 10.4. The van der Waals surface area contributed by atoms with Gasteiger partial charge in [-0.1, -0.05) is 31.5 Å². The van der Waals surface area contributed by atoms with E-state index in [2.05, 4.69) is 24.2 Å². The van der Waals surface area contributed by atoms with Gasteiger partial charge in [-0.05, 0) is 70.2 Å². The molecule has 3 aliphatic rings. The molecular formula is C27H36N4O4. The average molecular weight is 481 g/mol. The molecule has 0 bridgehead atoms. The van der Waals surface area contributed by atoms with Crippen LogP contribution in [0.25, 0.3) is 11.0 Å². The van der Waals surface area contributed by atoms with Crippen LogP contribution in [0.2, 0.25) is 0 Å². The van der Waals surface area contributed by atoms with Crippen molar-refractivity contribution in [3.63, 3.8) is 0 Å². The molecule has 8 nitrogen and oxygen atoms in total. The smallest absolute Gasteiger partial charge is 0.325 e. The highest BCUT2D eigenvalue weighted by Gasteiger charge is 2.55. The molecule has 3 fully saturated rings. The number of furan rings is 1. The van der Waals surface area contributed by atoms with Gasteiger partial charge in [-0.25, -0.2) is 4.79 Å². The minimum absolute atomic E-state index is 0.0118. The highest BCUT2D eigenvalue weighted by molar-refractivity contribution is 6.07. The Morgan fingerprint density at radius 3 is 2.60 bits per heavy atom. The summed E-state index contributed by atoms with van der Waals surface area (Å²) >= 11 is 0.